The van der Waals surface area contributed by atoms with Gasteiger partial charge in [0.2, 0.25) is 0 Å². The third-order valence-electron chi connectivity index (χ3n) is 4.25. The van der Waals surface area contributed by atoms with Crippen LogP contribution in [0.2, 0.25) is 0 Å². The molecule has 0 aliphatic rings. The highest BCUT2D eigenvalue weighted by atomic mass is 16.5. The number of rotatable bonds is 3. The lowest BCUT2D eigenvalue weighted by Gasteiger charge is -2.30. The lowest BCUT2D eigenvalue weighted by atomic mass is 9.80. The topological polar surface area (TPSA) is 35.2 Å². The van der Waals surface area contributed by atoms with E-state index in [1.54, 1.807) is 7.11 Å². The molecule has 112 valence electrons. The molecule has 0 saturated carbocycles. The molecule has 0 heterocycles. The Balaban J connectivity index is 2.63. The first-order valence-corrected chi connectivity index (χ1v) is 7.29. The maximum absolute atomic E-state index is 6.75. The molecular weight excluding hydrogens is 258 g/mol. The average molecular weight is 283 g/mol. The van der Waals surface area contributed by atoms with Crippen molar-refractivity contribution in [3.8, 4) is 5.75 Å². The van der Waals surface area contributed by atoms with Gasteiger partial charge in [-0.2, -0.15) is 0 Å². The fourth-order valence-electron chi connectivity index (χ4n) is 3.01. The standard InChI is InChI=1S/C19H25NO/c1-12-7-8-13(2)16(9-12)19(5,20)17-10-15(4)18(21-6)11-14(17)3/h7-11H,20H2,1-6H3. The summed E-state index contributed by atoms with van der Waals surface area (Å²) < 4.78 is 5.40. The van der Waals surface area contributed by atoms with E-state index in [4.69, 9.17) is 10.5 Å². The molecule has 1 atom stereocenters. The lowest BCUT2D eigenvalue weighted by molar-refractivity contribution is 0.410. The monoisotopic (exact) mass is 283 g/mol. The van der Waals surface area contributed by atoms with Crippen LogP contribution in [0.5, 0.6) is 5.75 Å². The highest BCUT2D eigenvalue weighted by molar-refractivity contribution is 5.50. The molecule has 2 rings (SSSR count). The van der Waals surface area contributed by atoms with Crippen molar-refractivity contribution < 1.29 is 4.74 Å². The quantitative estimate of drug-likeness (QED) is 0.918. The van der Waals surface area contributed by atoms with E-state index in [9.17, 15) is 0 Å². The Labute approximate surface area is 127 Å². The summed E-state index contributed by atoms with van der Waals surface area (Å²) in [5.41, 5.74) is 13.3. The number of nitrogens with two attached hydrogens (primary N) is 1. The van der Waals surface area contributed by atoms with E-state index in [-0.39, 0.29) is 0 Å². The van der Waals surface area contributed by atoms with Gasteiger partial charge in [0.15, 0.2) is 0 Å². The van der Waals surface area contributed by atoms with Crippen LogP contribution in [0.15, 0.2) is 30.3 Å². The van der Waals surface area contributed by atoms with Gasteiger partial charge in [-0.25, -0.2) is 0 Å². The number of ether oxygens (including phenoxy) is 1. The molecule has 2 nitrogen and oxygen atoms in total. The zero-order chi connectivity index (χ0) is 15.8. The van der Waals surface area contributed by atoms with Crippen molar-refractivity contribution in [3.05, 3.63) is 63.7 Å². The summed E-state index contributed by atoms with van der Waals surface area (Å²) >= 11 is 0. The maximum atomic E-state index is 6.75. The van der Waals surface area contributed by atoms with Crippen molar-refractivity contribution in [3.63, 3.8) is 0 Å². The minimum absolute atomic E-state index is 0.517. The fraction of sp³-hybridized carbons (Fsp3) is 0.368. The number of hydrogen-bond donors (Lipinski definition) is 1. The number of benzene rings is 2. The van der Waals surface area contributed by atoms with Crippen LogP contribution in [0, 0.1) is 27.7 Å². The Kier molecular flexibility index (Phi) is 4.11. The Hall–Kier alpha value is -1.80. The van der Waals surface area contributed by atoms with Crippen molar-refractivity contribution in [2.75, 3.05) is 7.11 Å². The summed E-state index contributed by atoms with van der Waals surface area (Å²) in [5.74, 6) is 0.910. The summed E-state index contributed by atoms with van der Waals surface area (Å²) in [5, 5.41) is 0. The molecular formula is C19H25NO. The molecule has 2 heteroatoms. The largest absolute Gasteiger partial charge is 0.496 e. The second-order valence-corrected chi connectivity index (χ2v) is 6.16. The van der Waals surface area contributed by atoms with Crippen LogP contribution in [-0.2, 0) is 5.54 Å². The minimum atomic E-state index is -0.517. The van der Waals surface area contributed by atoms with Gasteiger partial charge in [-0.3, -0.25) is 0 Å². The first kappa shape index (κ1) is 15.6. The molecule has 21 heavy (non-hydrogen) atoms. The van der Waals surface area contributed by atoms with Crippen LogP contribution in [0.3, 0.4) is 0 Å². The third kappa shape index (κ3) is 2.81. The highest BCUT2D eigenvalue weighted by Gasteiger charge is 2.28. The van der Waals surface area contributed by atoms with E-state index in [0.29, 0.717) is 0 Å². The molecule has 0 spiro atoms. The predicted molar refractivity (Wildman–Crippen MR) is 89.0 cm³/mol. The molecule has 0 aromatic heterocycles. The Morgan fingerprint density at radius 1 is 0.857 bits per heavy atom. The summed E-state index contributed by atoms with van der Waals surface area (Å²) in [4.78, 5) is 0. The second-order valence-electron chi connectivity index (χ2n) is 6.16. The average Bonchev–Trinajstić information content (AvgIpc) is 2.43. The Morgan fingerprint density at radius 2 is 1.48 bits per heavy atom. The molecule has 2 aromatic rings. The molecule has 0 amide bonds. The van der Waals surface area contributed by atoms with Gasteiger partial charge in [0.05, 0.1) is 12.6 Å². The van der Waals surface area contributed by atoms with Crippen molar-refractivity contribution in [2.24, 2.45) is 5.73 Å². The summed E-state index contributed by atoms with van der Waals surface area (Å²) in [6.45, 7) is 10.5. The van der Waals surface area contributed by atoms with E-state index in [0.717, 1.165) is 22.4 Å². The van der Waals surface area contributed by atoms with Crippen molar-refractivity contribution >= 4 is 0 Å². The van der Waals surface area contributed by atoms with Crippen LogP contribution >= 0.6 is 0 Å². The van der Waals surface area contributed by atoms with Gasteiger partial charge >= 0.3 is 0 Å². The van der Waals surface area contributed by atoms with Crippen molar-refractivity contribution in [1.29, 1.82) is 0 Å². The number of aryl methyl sites for hydroxylation is 4. The third-order valence-corrected chi connectivity index (χ3v) is 4.25. The van der Waals surface area contributed by atoms with E-state index < -0.39 is 5.54 Å². The first-order chi connectivity index (χ1) is 9.77. The Morgan fingerprint density at radius 3 is 2.10 bits per heavy atom. The van der Waals surface area contributed by atoms with E-state index in [2.05, 4.69) is 65.0 Å². The first-order valence-electron chi connectivity index (χ1n) is 7.29. The van der Waals surface area contributed by atoms with E-state index >= 15 is 0 Å². The normalized spacial score (nSPS) is 13.9. The number of hydrogen-bond acceptors (Lipinski definition) is 2. The fourth-order valence-corrected chi connectivity index (χ4v) is 3.01. The van der Waals surface area contributed by atoms with Gasteiger partial charge in [-0.15, -0.1) is 0 Å². The van der Waals surface area contributed by atoms with Gasteiger partial charge in [0.1, 0.15) is 5.75 Å². The summed E-state index contributed by atoms with van der Waals surface area (Å²) in [7, 11) is 1.70. The van der Waals surface area contributed by atoms with E-state index in [1.165, 1.54) is 16.7 Å². The van der Waals surface area contributed by atoms with Crippen molar-refractivity contribution in [1.82, 2.24) is 0 Å². The Bertz CT molecular complexity index is 672. The molecule has 0 fully saturated rings. The van der Waals surface area contributed by atoms with Gasteiger partial charge in [-0.1, -0.05) is 23.8 Å². The molecule has 0 aliphatic carbocycles. The zero-order valence-corrected chi connectivity index (χ0v) is 13.9. The molecule has 1 unspecified atom stereocenters. The van der Waals surface area contributed by atoms with Crippen LogP contribution in [0.4, 0.5) is 0 Å². The number of methoxy groups -OCH3 is 1. The molecule has 2 N–H and O–H groups in total. The summed E-state index contributed by atoms with van der Waals surface area (Å²) in [6.07, 6.45) is 0. The molecule has 0 radical (unpaired) electrons. The van der Waals surface area contributed by atoms with Crippen LogP contribution in [0.1, 0.15) is 40.3 Å². The zero-order valence-electron chi connectivity index (χ0n) is 13.9. The smallest absolute Gasteiger partial charge is 0.122 e. The SMILES string of the molecule is COc1cc(C)c(C(C)(N)c2cc(C)ccc2C)cc1C. The van der Waals surface area contributed by atoms with Crippen LogP contribution in [0.25, 0.3) is 0 Å². The molecule has 0 saturated heterocycles. The molecule has 2 aromatic carbocycles. The second kappa shape index (κ2) is 5.53. The van der Waals surface area contributed by atoms with Gasteiger partial charge in [0, 0.05) is 0 Å². The van der Waals surface area contributed by atoms with Crippen LogP contribution < -0.4 is 10.5 Å². The van der Waals surface area contributed by atoms with Gasteiger partial charge in [-0.05, 0) is 74.6 Å². The van der Waals surface area contributed by atoms with Crippen LogP contribution in [-0.4, -0.2) is 7.11 Å². The summed E-state index contributed by atoms with van der Waals surface area (Å²) in [6, 6.07) is 10.7. The molecule has 0 aliphatic heterocycles. The van der Waals surface area contributed by atoms with E-state index in [1.807, 2.05) is 0 Å². The predicted octanol–water partition coefficient (Wildman–Crippen LogP) is 4.15. The van der Waals surface area contributed by atoms with Gasteiger partial charge < -0.3 is 10.5 Å². The lowest BCUT2D eigenvalue weighted by Crippen LogP contribution is -2.36. The maximum Gasteiger partial charge on any atom is 0.122 e. The molecule has 0 bridgehead atoms. The minimum Gasteiger partial charge on any atom is -0.496 e. The van der Waals surface area contributed by atoms with Crippen molar-refractivity contribution in [2.45, 2.75) is 40.2 Å². The highest BCUT2D eigenvalue weighted by Crippen LogP contribution is 2.34. The van der Waals surface area contributed by atoms with Gasteiger partial charge in [0.25, 0.3) is 0 Å².